The number of hydrogen-bond acceptors (Lipinski definition) is 5. The first-order chi connectivity index (χ1) is 10.6. The number of carbonyl (C=O) groups excluding carboxylic acids is 1. The Balaban J connectivity index is 2.91. The molecule has 1 atom stereocenters. The predicted octanol–water partition coefficient (Wildman–Crippen LogP) is 0.561. The summed E-state index contributed by atoms with van der Waals surface area (Å²) in [5, 5.41) is 11.3. The van der Waals surface area contributed by atoms with Crippen LogP contribution in [0.4, 0.5) is 0 Å². The van der Waals surface area contributed by atoms with Crippen LogP contribution in [0.25, 0.3) is 0 Å². The van der Waals surface area contributed by atoms with Gasteiger partial charge in [0.25, 0.3) is 15.9 Å². The van der Waals surface area contributed by atoms with E-state index in [1.54, 1.807) is 0 Å². The van der Waals surface area contributed by atoms with E-state index in [0.29, 0.717) is 6.42 Å². The van der Waals surface area contributed by atoms with Crippen LogP contribution in [0.2, 0.25) is 0 Å². The Hall–Kier alpha value is -2.00. The fourth-order valence-electron chi connectivity index (χ4n) is 1.79. The van der Waals surface area contributed by atoms with Gasteiger partial charge in [-0.05, 0) is 24.5 Å². The summed E-state index contributed by atoms with van der Waals surface area (Å²) in [6.45, 7) is 3.70. The molecule has 0 saturated heterocycles. The molecule has 1 heterocycles. The van der Waals surface area contributed by atoms with Gasteiger partial charge in [-0.15, -0.1) is 0 Å². The number of sulfonamides is 1. The summed E-state index contributed by atoms with van der Waals surface area (Å²) in [6.07, 6.45) is 1.40. The van der Waals surface area contributed by atoms with Crippen LogP contribution in [-0.4, -0.2) is 54.8 Å². The molecule has 0 unspecified atom stereocenters. The van der Waals surface area contributed by atoms with Crippen LogP contribution in [-0.2, 0) is 14.8 Å². The van der Waals surface area contributed by atoms with Crippen molar-refractivity contribution in [2.24, 2.45) is 5.92 Å². The molecule has 0 fully saturated rings. The van der Waals surface area contributed by atoms with E-state index < -0.39 is 27.9 Å². The van der Waals surface area contributed by atoms with Crippen LogP contribution in [0.3, 0.4) is 0 Å². The Morgan fingerprint density at radius 1 is 1.30 bits per heavy atom. The van der Waals surface area contributed by atoms with E-state index in [0.717, 1.165) is 10.5 Å². The fraction of sp³-hybridized carbons (Fsp3) is 0.500. The van der Waals surface area contributed by atoms with Crippen molar-refractivity contribution in [3.05, 3.63) is 23.9 Å². The summed E-state index contributed by atoms with van der Waals surface area (Å²) in [6, 6.07) is 1.50. The van der Waals surface area contributed by atoms with Crippen LogP contribution in [0, 0.1) is 5.92 Å². The molecule has 2 N–H and O–H groups in total. The zero-order valence-corrected chi connectivity index (χ0v) is 14.3. The number of carboxylic acids is 1. The summed E-state index contributed by atoms with van der Waals surface area (Å²) >= 11 is 0. The molecule has 128 valence electrons. The molecule has 0 aliphatic carbocycles. The second-order valence-corrected chi connectivity index (χ2v) is 7.77. The summed E-state index contributed by atoms with van der Waals surface area (Å²) in [5.41, 5.74) is 0.0951. The molecule has 0 aromatic carbocycles. The van der Waals surface area contributed by atoms with Crippen LogP contribution in [0.1, 0.15) is 30.6 Å². The third-order valence-electron chi connectivity index (χ3n) is 3.05. The van der Waals surface area contributed by atoms with Gasteiger partial charge in [-0.2, -0.15) is 0 Å². The maximum absolute atomic E-state index is 12.1. The molecule has 1 aromatic rings. The molecule has 0 aliphatic heterocycles. The van der Waals surface area contributed by atoms with E-state index in [-0.39, 0.29) is 16.5 Å². The molecule has 0 spiro atoms. The van der Waals surface area contributed by atoms with Crippen molar-refractivity contribution in [1.82, 2.24) is 14.6 Å². The number of hydrogen-bond donors (Lipinski definition) is 2. The quantitative estimate of drug-likeness (QED) is 0.747. The monoisotopic (exact) mass is 343 g/mol. The number of aromatic nitrogens is 1. The van der Waals surface area contributed by atoms with Gasteiger partial charge in [0, 0.05) is 20.3 Å². The van der Waals surface area contributed by atoms with Crippen molar-refractivity contribution >= 4 is 21.9 Å². The Labute approximate surface area is 135 Å². The summed E-state index contributed by atoms with van der Waals surface area (Å²) in [5.74, 6) is -1.63. The Bertz CT molecular complexity index is 668. The van der Waals surface area contributed by atoms with Crippen molar-refractivity contribution < 1.29 is 23.1 Å². The van der Waals surface area contributed by atoms with Gasteiger partial charge in [-0.1, -0.05) is 13.8 Å². The SMILES string of the molecule is CC(C)C[C@H](NC(=O)c1ccc(S(=O)(=O)N(C)C)nc1)C(=O)O. The van der Waals surface area contributed by atoms with Gasteiger partial charge in [0.2, 0.25) is 0 Å². The lowest BCUT2D eigenvalue weighted by Crippen LogP contribution is -2.41. The van der Waals surface area contributed by atoms with Crippen LogP contribution >= 0.6 is 0 Å². The lowest BCUT2D eigenvalue weighted by atomic mass is 10.0. The van der Waals surface area contributed by atoms with Crippen LogP contribution in [0.15, 0.2) is 23.4 Å². The maximum atomic E-state index is 12.1. The number of carboxylic acid groups (broad SMARTS) is 1. The highest BCUT2D eigenvalue weighted by Gasteiger charge is 2.23. The minimum Gasteiger partial charge on any atom is -0.480 e. The topological polar surface area (TPSA) is 117 Å². The van der Waals surface area contributed by atoms with Crippen LogP contribution in [0.5, 0.6) is 0 Å². The third-order valence-corrected chi connectivity index (χ3v) is 4.79. The first-order valence-electron chi connectivity index (χ1n) is 6.98. The Morgan fingerprint density at radius 2 is 1.91 bits per heavy atom. The van der Waals surface area contributed by atoms with E-state index in [9.17, 15) is 18.0 Å². The Kier molecular flexibility index (Phi) is 6.22. The second-order valence-electron chi connectivity index (χ2n) is 5.67. The zero-order chi connectivity index (χ0) is 17.8. The lowest BCUT2D eigenvalue weighted by Gasteiger charge is -2.16. The maximum Gasteiger partial charge on any atom is 0.326 e. The van der Waals surface area contributed by atoms with E-state index >= 15 is 0 Å². The van der Waals surface area contributed by atoms with Gasteiger partial charge in [0.05, 0.1) is 5.56 Å². The van der Waals surface area contributed by atoms with Crippen molar-refractivity contribution in [2.45, 2.75) is 31.3 Å². The highest BCUT2D eigenvalue weighted by Crippen LogP contribution is 2.11. The Morgan fingerprint density at radius 3 is 2.30 bits per heavy atom. The fourth-order valence-corrected chi connectivity index (χ4v) is 2.59. The molecule has 0 saturated carbocycles. The highest BCUT2D eigenvalue weighted by molar-refractivity contribution is 7.89. The summed E-state index contributed by atoms with van der Waals surface area (Å²) < 4.78 is 24.8. The molecule has 1 aromatic heterocycles. The van der Waals surface area contributed by atoms with E-state index in [1.807, 2.05) is 13.8 Å². The first kappa shape index (κ1) is 19.0. The normalized spacial score (nSPS) is 13.1. The second kappa shape index (κ2) is 7.51. The van der Waals surface area contributed by atoms with Gasteiger partial charge in [-0.25, -0.2) is 22.5 Å². The van der Waals surface area contributed by atoms with Crippen molar-refractivity contribution in [3.63, 3.8) is 0 Å². The van der Waals surface area contributed by atoms with Crippen LogP contribution < -0.4 is 5.32 Å². The van der Waals surface area contributed by atoms with Gasteiger partial charge in [-0.3, -0.25) is 4.79 Å². The van der Waals surface area contributed by atoms with E-state index in [1.165, 1.54) is 26.2 Å². The first-order valence-corrected chi connectivity index (χ1v) is 8.42. The zero-order valence-electron chi connectivity index (χ0n) is 13.5. The molecule has 8 nitrogen and oxygen atoms in total. The van der Waals surface area contributed by atoms with Crippen molar-refractivity contribution in [3.8, 4) is 0 Å². The number of aliphatic carboxylic acids is 1. The molecule has 23 heavy (non-hydrogen) atoms. The number of carbonyl (C=O) groups is 2. The average molecular weight is 343 g/mol. The summed E-state index contributed by atoms with van der Waals surface area (Å²) in [4.78, 5) is 27.0. The van der Waals surface area contributed by atoms with Gasteiger partial charge in [0.1, 0.15) is 6.04 Å². The predicted molar refractivity (Wildman–Crippen MR) is 83.5 cm³/mol. The largest absolute Gasteiger partial charge is 0.480 e. The number of rotatable bonds is 7. The highest BCUT2D eigenvalue weighted by atomic mass is 32.2. The van der Waals surface area contributed by atoms with Crippen molar-refractivity contribution in [1.29, 1.82) is 0 Å². The number of amides is 1. The molecule has 9 heteroatoms. The average Bonchev–Trinajstić information content (AvgIpc) is 2.45. The number of nitrogens with zero attached hydrogens (tertiary/aromatic N) is 2. The molecule has 0 bridgehead atoms. The minimum atomic E-state index is -3.68. The van der Waals surface area contributed by atoms with Gasteiger partial charge in [0.15, 0.2) is 5.03 Å². The minimum absolute atomic E-state index is 0.0951. The molecular formula is C14H21N3O5S. The molecular weight excluding hydrogens is 322 g/mol. The molecule has 1 amide bonds. The third kappa shape index (κ3) is 5.00. The standard InChI is InChI=1S/C14H21N3O5S/c1-9(2)7-11(14(19)20)16-13(18)10-5-6-12(15-8-10)23(21,22)17(3)4/h5-6,8-9,11H,7H2,1-4H3,(H,16,18)(H,19,20)/t11-/m0/s1. The molecule has 1 rings (SSSR count). The molecule has 0 radical (unpaired) electrons. The van der Waals surface area contributed by atoms with Gasteiger partial charge < -0.3 is 10.4 Å². The van der Waals surface area contributed by atoms with Gasteiger partial charge >= 0.3 is 5.97 Å². The van der Waals surface area contributed by atoms with E-state index in [2.05, 4.69) is 10.3 Å². The molecule has 0 aliphatic rings. The smallest absolute Gasteiger partial charge is 0.326 e. The number of pyridine rings is 1. The number of nitrogens with one attached hydrogen (secondary N) is 1. The van der Waals surface area contributed by atoms with Crippen molar-refractivity contribution in [2.75, 3.05) is 14.1 Å². The lowest BCUT2D eigenvalue weighted by molar-refractivity contribution is -0.139. The van der Waals surface area contributed by atoms with E-state index in [4.69, 9.17) is 5.11 Å². The summed E-state index contributed by atoms with van der Waals surface area (Å²) in [7, 11) is -0.923.